The quantitative estimate of drug-likeness (QED) is 0.351. The van der Waals surface area contributed by atoms with Gasteiger partial charge in [0.2, 0.25) is 0 Å². The number of halogens is 2. The van der Waals surface area contributed by atoms with Gasteiger partial charge < -0.3 is 19.5 Å². The van der Waals surface area contributed by atoms with E-state index in [1.54, 1.807) is 29.2 Å². The number of benzene rings is 3. The van der Waals surface area contributed by atoms with Crippen molar-refractivity contribution in [3.05, 3.63) is 92.2 Å². The van der Waals surface area contributed by atoms with Crippen LogP contribution in [0.4, 0.5) is 10.1 Å². The van der Waals surface area contributed by atoms with Crippen molar-refractivity contribution >= 4 is 29.2 Å². The summed E-state index contributed by atoms with van der Waals surface area (Å²) in [4.78, 5) is 28.1. The standard InChI is InChI=1S/C32H33ClFNO5/c1-17-13-26-19(14-22(17)29(31(37)38)40-32(3,4)5)15-27(35(26)30(36)21-9-6-7-11-24(21)33)23-16-25(34)28-20(18(23)2)10-8-12-39-28/h6-7,9,11,13-14,16,27,29H,8,10,12,15H2,1-5H3,(H,37,38)/t27?,29-/m0/s1. The van der Waals surface area contributed by atoms with Crippen molar-refractivity contribution in [3.63, 3.8) is 0 Å². The summed E-state index contributed by atoms with van der Waals surface area (Å²) < 4.78 is 26.9. The van der Waals surface area contributed by atoms with Crippen LogP contribution in [0.25, 0.3) is 0 Å². The molecular formula is C32H33ClFNO5. The Morgan fingerprint density at radius 2 is 1.90 bits per heavy atom. The van der Waals surface area contributed by atoms with Gasteiger partial charge in [0, 0.05) is 11.3 Å². The Kier molecular flexibility index (Phi) is 7.40. The van der Waals surface area contributed by atoms with Crippen LogP contribution in [0.2, 0.25) is 5.02 Å². The highest BCUT2D eigenvalue weighted by atomic mass is 35.5. The van der Waals surface area contributed by atoms with Crippen LogP contribution in [-0.4, -0.2) is 29.2 Å². The number of anilines is 1. The molecule has 2 aliphatic rings. The summed E-state index contributed by atoms with van der Waals surface area (Å²) in [5.41, 5.74) is 4.67. The lowest BCUT2D eigenvalue weighted by atomic mass is 9.90. The number of amides is 1. The Morgan fingerprint density at radius 3 is 2.58 bits per heavy atom. The molecule has 40 heavy (non-hydrogen) atoms. The van der Waals surface area contributed by atoms with Crippen molar-refractivity contribution in [2.75, 3.05) is 11.5 Å². The van der Waals surface area contributed by atoms with Crippen LogP contribution in [0.15, 0.2) is 42.5 Å². The first-order valence-corrected chi connectivity index (χ1v) is 13.8. The second-order valence-corrected chi connectivity index (χ2v) is 11.9. The first kappa shape index (κ1) is 28.1. The van der Waals surface area contributed by atoms with Crippen LogP contribution in [0.1, 0.15) is 83.1 Å². The fourth-order valence-electron chi connectivity index (χ4n) is 5.78. The fraction of sp³-hybridized carbons (Fsp3) is 0.375. The second-order valence-electron chi connectivity index (χ2n) is 11.5. The third-order valence-corrected chi connectivity index (χ3v) is 7.92. The molecule has 0 aromatic heterocycles. The number of nitrogens with zero attached hydrogens (tertiary/aromatic N) is 1. The number of aliphatic carboxylic acids is 1. The van der Waals surface area contributed by atoms with E-state index in [1.165, 1.54) is 6.07 Å². The minimum atomic E-state index is -1.18. The van der Waals surface area contributed by atoms with Crippen molar-refractivity contribution in [2.24, 2.45) is 0 Å². The molecule has 6 nitrogen and oxygen atoms in total. The molecule has 1 N–H and O–H groups in total. The summed E-state index contributed by atoms with van der Waals surface area (Å²) in [6, 6.07) is 11.4. The van der Waals surface area contributed by atoms with Gasteiger partial charge >= 0.3 is 5.97 Å². The predicted molar refractivity (Wildman–Crippen MR) is 152 cm³/mol. The number of carbonyl (C=O) groups is 2. The maximum Gasteiger partial charge on any atom is 0.337 e. The van der Waals surface area contributed by atoms with E-state index in [-0.39, 0.29) is 11.7 Å². The van der Waals surface area contributed by atoms with E-state index < -0.39 is 29.5 Å². The number of aryl methyl sites for hydroxylation is 1. The van der Waals surface area contributed by atoms with Crippen LogP contribution >= 0.6 is 11.6 Å². The van der Waals surface area contributed by atoms with Crippen LogP contribution in [-0.2, 0) is 22.4 Å². The van der Waals surface area contributed by atoms with Gasteiger partial charge in [0.1, 0.15) is 0 Å². The Morgan fingerprint density at radius 1 is 1.18 bits per heavy atom. The van der Waals surface area contributed by atoms with E-state index in [2.05, 4.69) is 0 Å². The molecule has 3 aromatic carbocycles. The smallest absolute Gasteiger partial charge is 0.337 e. The highest BCUT2D eigenvalue weighted by molar-refractivity contribution is 6.34. The number of hydrogen-bond acceptors (Lipinski definition) is 4. The van der Waals surface area contributed by atoms with Gasteiger partial charge in [-0.3, -0.25) is 4.79 Å². The molecule has 0 saturated carbocycles. The van der Waals surface area contributed by atoms with E-state index in [1.807, 2.05) is 46.8 Å². The molecule has 210 valence electrons. The highest BCUT2D eigenvalue weighted by Crippen LogP contribution is 2.47. The Hall–Kier alpha value is -3.42. The minimum Gasteiger partial charge on any atom is -0.490 e. The van der Waals surface area contributed by atoms with E-state index in [4.69, 9.17) is 21.1 Å². The number of hydrogen-bond donors (Lipinski definition) is 1. The average Bonchev–Trinajstić information content (AvgIpc) is 3.26. The summed E-state index contributed by atoms with van der Waals surface area (Å²) in [6.45, 7) is 9.65. The van der Waals surface area contributed by atoms with Gasteiger partial charge in [-0.1, -0.05) is 29.8 Å². The minimum absolute atomic E-state index is 0.286. The zero-order valence-corrected chi connectivity index (χ0v) is 24.1. The molecule has 0 fully saturated rings. The molecule has 2 atom stereocenters. The van der Waals surface area contributed by atoms with Gasteiger partial charge in [0.15, 0.2) is 17.7 Å². The largest absolute Gasteiger partial charge is 0.490 e. The first-order valence-electron chi connectivity index (χ1n) is 13.4. The van der Waals surface area contributed by atoms with Crippen LogP contribution in [0.5, 0.6) is 5.75 Å². The monoisotopic (exact) mass is 565 g/mol. The number of fused-ring (bicyclic) bond motifs is 2. The van der Waals surface area contributed by atoms with Crippen LogP contribution in [0, 0.1) is 19.7 Å². The number of carboxylic acids is 1. The molecule has 0 aliphatic carbocycles. The van der Waals surface area contributed by atoms with Gasteiger partial charge in [-0.05, 0) is 106 Å². The molecule has 5 rings (SSSR count). The first-order chi connectivity index (χ1) is 18.9. The molecule has 2 heterocycles. The number of carboxylic acid groups (broad SMARTS) is 1. The van der Waals surface area contributed by atoms with Gasteiger partial charge in [-0.2, -0.15) is 0 Å². The number of carbonyl (C=O) groups excluding carboxylic acids is 1. The van der Waals surface area contributed by atoms with Crippen molar-refractivity contribution in [2.45, 2.75) is 71.6 Å². The summed E-state index contributed by atoms with van der Waals surface area (Å²) in [7, 11) is 0. The Balaban J connectivity index is 1.68. The third-order valence-electron chi connectivity index (χ3n) is 7.59. The third kappa shape index (κ3) is 5.08. The summed E-state index contributed by atoms with van der Waals surface area (Å²) in [6.07, 6.45) is 0.673. The molecule has 1 amide bonds. The van der Waals surface area contributed by atoms with Crippen molar-refractivity contribution in [3.8, 4) is 5.75 Å². The van der Waals surface area contributed by atoms with Gasteiger partial charge in [-0.25, -0.2) is 9.18 Å². The molecule has 0 saturated heterocycles. The lowest BCUT2D eigenvalue weighted by Crippen LogP contribution is -2.33. The Labute approximate surface area is 238 Å². The van der Waals surface area contributed by atoms with Gasteiger partial charge in [0.25, 0.3) is 5.91 Å². The molecular weight excluding hydrogens is 533 g/mol. The van der Waals surface area contributed by atoms with Crippen molar-refractivity contribution < 1.29 is 28.6 Å². The lowest BCUT2D eigenvalue weighted by molar-refractivity contribution is -0.160. The van der Waals surface area contributed by atoms with Crippen LogP contribution in [0.3, 0.4) is 0 Å². The molecule has 8 heteroatoms. The molecule has 0 spiro atoms. The zero-order valence-electron chi connectivity index (χ0n) is 23.3. The predicted octanol–water partition coefficient (Wildman–Crippen LogP) is 7.31. The highest BCUT2D eigenvalue weighted by Gasteiger charge is 2.40. The molecule has 3 aromatic rings. The SMILES string of the molecule is Cc1cc2c(cc1[C@H](OC(C)(C)C)C(=O)O)CC(c1cc(F)c3c(c1C)CCCO3)N2C(=O)c1ccccc1Cl. The molecule has 1 unspecified atom stereocenters. The fourth-order valence-corrected chi connectivity index (χ4v) is 6.00. The van der Waals surface area contributed by atoms with Crippen molar-refractivity contribution in [1.82, 2.24) is 0 Å². The van der Waals surface area contributed by atoms with Gasteiger partial charge in [-0.15, -0.1) is 0 Å². The molecule has 0 radical (unpaired) electrons. The number of ether oxygens (including phenoxy) is 2. The summed E-state index contributed by atoms with van der Waals surface area (Å²) in [5, 5.41) is 10.4. The topological polar surface area (TPSA) is 76.1 Å². The molecule has 0 bridgehead atoms. The Bertz CT molecular complexity index is 1510. The second kappa shape index (κ2) is 10.5. The van der Waals surface area contributed by atoms with E-state index >= 15 is 4.39 Å². The van der Waals surface area contributed by atoms with E-state index in [0.717, 1.165) is 23.1 Å². The summed E-state index contributed by atoms with van der Waals surface area (Å²) >= 11 is 6.46. The van der Waals surface area contributed by atoms with Crippen molar-refractivity contribution in [1.29, 1.82) is 0 Å². The lowest BCUT2D eigenvalue weighted by Gasteiger charge is -2.30. The number of rotatable bonds is 5. The maximum absolute atomic E-state index is 15.4. The molecule has 2 aliphatic heterocycles. The average molecular weight is 566 g/mol. The van der Waals surface area contributed by atoms with E-state index in [0.29, 0.717) is 52.4 Å². The zero-order chi connectivity index (χ0) is 28.9. The summed E-state index contributed by atoms with van der Waals surface area (Å²) in [5.74, 6) is -1.56. The van der Waals surface area contributed by atoms with E-state index in [9.17, 15) is 14.7 Å². The van der Waals surface area contributed by atoms with Gasteiger partial charge in [0.05, 0.1) is 28.8 Å². The maximum atomic E-state index is 15.4. The van der Waals surface area contributed by atoms with Crippen LogP contribution < -0.4 is 9.64 Å². The normalized spacial score (nSPS) is 17.2.